The Bertz CT molecular complexity index is 570. The number of thiophene rings is 1. The molecule has 0 bridgehead atoms. The molecule has 0 atom stereocenters. The summed E-state index contributed by atoms with van der Waals surface area (Å²) in [6, 6.07) is 1.51. The number of nitrogens with zero attached hydrogens (tertiary/aromatic N) is 2. The molecule has 1 saturated heterocycles. The van der Waals surface area contributed by atoms with E-state index in [1.54, 1.807) is 10.3 Å². The zero-order valence-electron chi connectivity index (χ0n) is 11.8. The summed E-state index contributed by atoms with van der Waals surface area (Å²) < 4.78 is 26.4. The zero-order valence-corrected chi connectivity index (χ0v) is 13.5. The lowest BCUT2D eigenvalue weighted by Gasteiger charge is -2.17. The van der Waals surface area contributed by atoms with Crippen LogP contribution in [0.3, 0.4) is 0 Å². The molecule has 5 nitrogen and oxygen atoms in total. The molecule has 0 aliphatic carbocycles. The molecule has 2 heterocycles. The normalized spacial score (nSPS) is 16.1. The van der Waals surface area contributed by atoms with Crippen LogP contribution in [0, 0.1) is 0 Å². The summed E-state index contributed by atoms with van der Waals surface area (Å²) in [7, 11) is -3.46. The summed E-state index contributed by atoms with van der Waals surface area (Å²) in [6.07, 6.45) is 2.06. The van der Waals surface area contributed by atoms with Gasteiger partial charge in [0.05, 0.1) is 5.56 Å². The molecule has 0 aromatic carbocycles. The predicted octanol–water partition coefficient (Wildman–Crippen LogP) is 2.01. The van der Waals surface area contributed by atoms with Gasteiger partial charge in [-0.1, -0.05) is 13.8 Å². The van der Waals surface area contributed by atoms with E-state index in [1.807, 2.05) is 13.8 Å². The van der Waals surface area contributed by atoms with Gasteiger partial charge in [-0.3, -0.25) is 4.79 Å². The fourth-order valence-corrected chi connectivity index (χ4v) is 5.12. The standard InChI is InChI=1S/C13H20N2O3S2/c1-3-15(4-2)20(17,18)12-9-11(10-19-12)13(16)14-7-5-6-8-14/h9-10H,3-8H2,1-2H3. The minimum absolute atomic E-state index is 0.0558. The molecule has 2 rings (SSSR count). The molecular formula is C13H20N2O3S2. The van der Waals surface area contributed by atoms with E-state index in [-0.39, 0.29) is 10.1 Å². The quantitative estimate of drug-likeness (QED) is 0.835. The largest absolute Gasteiger partial charge is 0.339 e. The molecule has 20 heavy (non-hydrogen) atoms. The smallest absolute Gasteiger partial charge is 0.254 e. The van der Waals surface area contributed by atoms with E-state index in [1.165, 1.54) is 10.4 Å². The maximum atomic E-state index is 12.4. The van der Waals surface area contributed by atoms with Gasteiger partial charge in [0.15, 0.2) is 0 Å². The predicted molar refractivity (Wildman–Crippen MR) is 79.6 cm³/mol. The summed E-state index contributed by atoms with van der Waals surface area (Å²) in [5.41, 5.74) is 0.489. The van der Waals surface area contributed by atoms with Crippen LogP contribution in [0.2, 0.25) is 0 Å². The van der Waals surface area contributed by atoms with Crippen molar-refractivity contribution in [3.63, 3.8) is 0 Å². The highest BCUT2D eigenvalue weighted by Crippen LogP contribution is 2.25. The maximum absolute atomic E-state index is 12.4. The monoisotopic (exact) mass is 316 g/mol. The number of amides is 1. The average molecular weight is 316 g/mol. The number of hydrogen-bond donors (Lipinski definition) is 0. The van der Waals surface area contributed by atoms with E-state index >= 15 is 0 Å². The van der Waals surface area contributed by atoms with Crippen molar-refractivity contribution in [2.45, 2.75) is 30.9 Å². The Morgan fingerprint density at radius 1 is 1.30 bits per heavy atom. The van der Waals surface area contributed by atoms with E-state index in [4.69, 9.17) is 0 Å². The van der Waals surface area contributed by atoms with Gasteiger partial charge in [-0.15, -0.1) is 11.3 Å². The first-order valence-electron chi connectivity index (χ1n) is 6.88. The first-order valence-corrected chi connectivity index (χ1v) is 9.20. The molecule has 0 saturated carbocycles. The van der Waals surface area contributed by atoms with E-state index in [0.717, 1.165) is 37.3 Å². The second-order valence-corrected chi connectivity index (χ2v) is 7.82. The second-order valence-electron chi connectivity index (χ2n) is 4.74. The van der Waals surface area contributed by atoms with Crippen LogP contribution >= 0.6 is 11.3 Å². The van der Waals surface area contributed by atoms with Crippen LogP contribution in [0.15, 0.2) is 15.7 Å². The Labute approximate surface area is 124 Å². The molecule has 1 fully saturated rings. The molecule has 0 spiro atoms. The van der Waals surface area contributed by atoms with Gasteiger partial charge in [0.25, 0.3) is 15.9 Å². The Morgan fingerprint density at radius 2 is 1.90 bits per heavy atom. The third-order valence-electron chi connectivity index (χ3n) is 3.52. The summed E-state index contributed by atoms with van der Waals surface area (Å²) in [6.45, 7) is 6.04. The van der Waals surface area contributed by atoms with Crippen LogP contribution in [-0.4, -0.2) is 49.7 Å². The zero-order chi connectivity index (χ0) is 14.8. The van der Waals surface area contributed by atoms with Crippen molar-refractivity contribution in [3.8, 4) is 0 Å². The Morgan fingerprint density at radius 3 is 2.45 bits per heavy atom. The van der Waals surface area contributed by atoms with Gasteiger partial charge in [0.1, 0.15) is 4.21 Å². The van der Waals surface area contributed by atoms with E-state index < -0.39 is 10.0 Å². The highest BCUT2D eigenvalue weighted by Gasteiger charge is 2.26. The van der Waals surface area contributed by atoms with Crippen LogP contribution < -0.4 is 0 Å². The molecule has 1 aliphatic rings. The fraction of sp³-hybridized carbons (Fsp3) is 0.615. The number of likely N-dealkylation sites (tertiary alicyclic amines) is 1. The van der Waals surface area contributed by atoms with Crippen molar-refractivity contribution in [2.75, 3.05) is 26.2 Å². The second kappa shape index (κ2) is 6.24. The van der Waals surface area contributed by atoms with Gasteiger partial charge in [0, 0.05) is 31.6 Å². The van der Waals surface area contributed by atoms with Gasteiger partial charge < -0.3 is 4.90 Å². The van der Waals surface area contributed by atoms with Gasteiger partial charge in [-0.2, -0.15) is 4.31 Å². The lowest BCUT2D eigenvalue weighted by atomic mass is 10.3. The molecule has 0 unspecified atom stereocenters. The third-order valence-corrected chi connectivity index (χ3v) is 6.98. The van der Waals surface area contributed by atoms with E-state index in [2.05, 4.69) is 0 Å². The molecule has 1 aromatic rings. The summed E-state index contributed by atoms with van der Waals surface area (Å²) in [4.78, 5) is 14.0. The molecular weight excluding hydrogens is 296 g/mol. The summed E-state index contributed by atoms with van der Waals surface area (Å²) in [5, 5.41) is 1.65. The van der Waals surface area contributed by atoms with Crippen molar-refractivity contribution in [3.05, 3.63) is 17.0 Å². The Balaban J connectivity index is 2.22. The minimum Gasteiger partial charge on any atom is -0.339 e. The molecule has 1 amide bonds. The third kappa shape index (κ3) is 2.89. The van der Waals surface area contributed by atoms with Crippen LogP contribution in [-0.2, 0) is 10.0 Å². The molecule has 1 aliphatic heterocycles. The first-order chi connectivity index (χ1) is 9.50. The van der Waals surface area contributed by atoms with Gasteiger partial charge in [-0.25, -0.2) is 8.42 Å². The molecule has 1 aromatic heterocycles. The molecule has 0 radical (unpaired) electrons. The average Bonchev–Trinajstić information content (AvgIpc) is 3.11. The van der Waals surface area contributed by atoms with Gasteiger partial charge >= 0.3 is 0 Å². The lowest BCUT2D eigenvalue weighted by molar-refractivity contribution is 0.0793. The number of carbonyl (C=O) groups is 1. The van der Waals surface area contributed by atoms with Crippen molar-refractivity contribution in [1.82, 2.24) is 9.21 Å². The van der Waals surface area contributed by atoms with Crippen LogP contribution in [0.25, 0.3) is 0 Å². The van der Waals surface area contributed by atoms with E-state index in [0.29, 0.717) is 18.7 Å². The SMILES string of the molecule is CCN(CC)S(=O)(=O)c1cc(C(=O)N2CCCC2)cs1. The van der Waals surface area contributed by atoms with Gasteiger partial charge in [0.2, 0.25) is 0 Å². The minimum atomic E-state index is -3.46. The highest BCUT2D eigenvalue weighted by atomic mass is 32.2. The van der Waals surface area contributed by atoms with Crippen molar-refractivity contribution >= 4 is 27.3 Å². The topological polar surface area (TPSA) is 57.7 Å². The van der Waals surface area contributed by atoms with Gasteiger partial charge in [-0.05, 0) is 18.9 Å². The molecule has 0 N–H and O–H groups in total. The molecule has 112 valence electrons. The van der Waals surface area contributed by atoms with Crippen molar-refractivity contribution in [2.24, 2.45) is 0 Å². The van der Waals surface area contributed by atoms with Crippen molar-refractivity contribution in [1.29, 1.82) is 0 Å². The number of hydrogen-bond acceptors (Lipinski definition) is 4. The van der Waals surface area contributed by atoms with Crippen LogP contribution in [0.1, 0.15) is 37.0 Å². The fourth-order valence-electron chi connectivity index (χ4n) is 2.36. The number of rotatable bonds is 5. The lowest BCUT2D eigenvalue weighted by Crippen LogP contribution is -2.30. The van der Waals surface area contributed by atoms with E-state index in [9.17, 15) is 13.2 Å². The first kappa shape index (κ1) is 15.5. The summed E-state index contributed by atoms with van der Waals surface area (Å²) in [5.74, 6) is -0.0558. The number of sulfonamides is 1. The van der Waals surface area contributed by atoms with Crippen molar-refractivity contribution < 1.29 is 13.2 Å². The van der Waals surface area contributed by atoms with Crippen LogP contribution in [0.5, 0.6) is 0 Å². The van der Waals surface area contributed by atoms with Crippen LogP contribution in [0.4, 0.5) is 0 Å². The Hall–Kier alpha value is -0.920. The highest BCUT2D eigenvalue weighted by molar-refractivity contribution is 7.91. The number of carbonyl (C=O) groups excluding carboxylic acids is 1. The maximum Gasteiger partial charge on any atom is 0.254 e. The summed E-state index contributed by atoms with van der Waals surface area (Å²) >= 11 is 1.13. The molecule has 7 heteroatoms. The Kier molecular flexibility index (Phi) is 4.82.